The molecule has 72 valence electrons. The predicted molar refractivity (Wildman–Crippen MR) is 56.4 cm³/mol. The van der Waals surface area contributed by atoms with E-state index in [1.165, 1.54) is 12.1 Å². The van der Waals surface area contributed by atoms with E-state index >= 15 is 0 Å². The Morgan fingerprint density at radius 2 is 1.92 bits per heavy atom. The summed E-state index contributed by atoms with van der Waals surface area (Å²) in [5.74, 6) is -0.282. The van der Waals surface area contributed by atoms with E-state index in [-0.39, 0.29) is 10.6 Å². The highest BCUT2D eigenvalue weighted by molar-refractivity contribution is 8.00. The summed E-state index contributed by atoms with van der Waals surface area (Å²) in [4.78, 5) is 0.939. The smallest absolute Gasteiger partial charge is 0.125 e. The van der Waals surface area contributed by atoms with Crippen molar-refractivity contribution in [3.63, 3.8) is 0 Å². The summed E-state index contributed by atoms with van der Waals surface area (Å²) in [5.41, 5.74) is 6.18. The summed E-state index contributed by atoms with van der Waals surface area (Å²) in [6, 6.07) is 4.51. The van der Waals surface area contributed by atoms with Crippen LogP contribution in [0, 0.1) is 5.82 Å². The van der Waals surface area contributed by atoms with E-state index in [1.807, 2.05) is 0 Å². The van der Waals surface area contributed by atoms with Crippen LogP contribution in [0.5, 0.6) is 0 Å². The number of nitrogen functional groups attached to an aromatic ring is 1. The van der Waals surface area contributed by atoms with E-state index in [4.69, 9.17) is 5.73 Å². The lowest BCUT2D eigenvalue weighted by molar-refractivity contribution is 0.627. The molecule has 0 bridgehead atoms. The highest BCUT2D eigenvalue weighted by Crippen LogP contribution is 2.35. The second-order valence-electron chi connectivity index (χ2n) is 3.90. The van der Waals surface area contributed by atoms with Gasteiger partial charge in [0, 0.05) is 15.3 Å². The van der Waals surface area contributed by atoms with Crippen LogP contribution in [0.15, 0.2) is 23.1 Å². The van der Waals surface area contributed by atoms with Crippen molar-refractivity contribution >= 4 is 17.4 Å². The number of halogens is 1. The number of benzene rings is 1. The monoisotopic (exact) mass is 199 g/mol. The largest absolute Gasteiger partial charge is 0.398 e. The van der Waals surface area contributed by atoms with Crippen LogP contribution in [-0.2, 0) is 0 Å². The van der Waals surface area contributed by atoms with Gasteiger partial charge in [0.25, 0.3) is 0 Å². The molecule has 0 aliphatic carbocycles. The van der Waals surface area contributed by atoms with Crippen molar-refractivity contribution in [1.82, 2.24) is 0 Å². The standard InChI is InChI=1S/C10H14FNS/c1-10(2,3)13-9-5-4-7(11)6-8(9)12/h4-6H,12H2,1-3H3. The molecule has 0 amide bonds. The Balaban J connectivity index is 2.90. The lowest BCUT2D eigenvalue weighted by Gasteiger charge is -2.18. The molecule has 0 aliphatic rings. The maximum absolute atomic E-state index is 12.7. The average molecular weight is 199 g/mol. The van der Waals surface area contributed by atoms with Gasteiger partial charge in [-0.05, 0) is 18.2 Å². The minimum Gasteiger partial charge on any atom is -0.398 e. The van der Waals surface area contributed by atoms with Crippen molar-refractivity contribution < 1.29 is 4.39 Å². The number of nitrogens with two attached hydrogens (primary N) is 1. The quantitative estimate of drug-likeness (QED) is 0.554. The Bertz CT molecular complexity index is 304. The molecule has 0 saturated carbocycles. The maximum atomic E-state index is 12.7. The van der Waals surface area contributed by atoms with E-state index in [0.717, 1.165) is 4.90 Å². The fourth-order valence-corrected chi connectivity index (χ4v) is 1.91. The van der Waals surface area contributed by atoms with Gasteiger partial charge in [-0.15, -0.1) is 11.8 Å². The molecule has 1 aromatic rings. The van der Waals surface area contributed by atoms with Crippen molar-refractivity contribution in [2.24, 2.45) is 0 Å². The van der Waals surface area contributed by atoms with Gasteiger partial charge in [0.05, 0.1) is 0 Å². The highest BCUT2D eigenvalue weighted by Gasteiger charge is 2.13. The second-order valence-corrected chi connectivity index (χ2v) is 5.77. The fraction of sp³-hybridized carbons (Fsp3) is 0.400. The van der Waals surface area contributed by atoms with E-state index < -0.39 is 0 Å². The zero-order chi connectivity index (χ0) is 10.1. The molecule has 0 fully saturated rings. The van der Waals surface area contributed by atoms with Crippen molar-refractivity contribution in [2.75, 3.05) is 5.73 Å². The van der Waals surface area contributed by atoms with Gasteiger partial charge in [0.1, 0.15) is 5.82 Å². The van der Waals surface area contributed by atoms with Crippen molar-refractivity contribution in [2.45, 2.75) is 30.4 Å². The Hall–Kier alpha value is -0.700. The molecule has 1 nitrogen and oxygen atoms in total. The number of anilines is 1. The summed E-state index contributed by atoms with van der Waals surface area (Å²) in [7, 11) is 0. The van der Waals surface area contributed by atoms with Gasteiger partial charge in [-0.25, -0.2) is 4.39 Å². The lowest BCUT2D eigenvalue weighted by Crippen LogP contribution is -2.07. The van der Waals surface area contributed by atoms with Gasteiger partial charge in [-0.2, -0.15) is 0 Å². The Kier molecular flexibility index (Phi) is 2.86. The van der Waals surface area contributed by atoms with E-state index in [2.05, 4.69) is 20.8 Å². The van der Waals surface area contributed by atoms with Crippen LogP contribution in [0.1, 0.15) is 20.8 Å². The zero-order valence-electron chi connectivity index (χ0n) is 8.10. The molecule has 0 aromatic heterocycles. The Morgan fingerprint density at radius 1 is 1.31 bits per heavy atom. The fourth-order valence-electron chi connectivity index (χ4n) is 0.942. The van der Waals surface area contributed by atoms with E-state index in [1.54, 1.807) is 17.8 Å². The van der Waals surface area contributed by atoms with Crippen LogP contribution in [-0.4, -0.2) is 4.75 Å². The first-order chi connectivity index (χ1) is 5.88. The van der Waals surface area contributed by atoms with Gasteiger partial charge in [-0.1, -0.05) is 20.8 Å². The number of rotatable bonds is 1. The van der Waals surface area contributed by atoms with Gasteiger partial charge < -0.3 is 5.73 Å². The Labute approximate surface area is 82.5 Å². The first-order valence-corrected chi connectivity index (χ1v) is 4.94. The molecule has 2 N–H and O–H groups in total. The first kappa shape index (κ1) is 10.4. The molecule has 13 heavy (non-hydrogen) atoms. The number of hydrogen-bond acceptors (Lipinski definition) is 2. The normalized spacial score (nSPS) is 11.7. The number of thioether (sulfide) groups is 1. The van der Waals surface area contributed by atoms with E-state index in [9.17, 15) is 4.39 Å². The molecular weight excluding hydrogens is 185 g/mol. The van der Waals surface area contributed by atoms with Gasteiger partial charge in [-0.3, -0.25) is 0 Å². The molecule has 0 atom stereocenters. The molecule has 1 rings (SSSR count). The third-order valence-corrected chi connectivity index (χ3v) is 2.59. The summed E-state index contributed by atoms with van der Waals surface area (Å²) in [6.07, 6.45) is 0. The van der Waals surface area contributed by atoms with Crippen LogP contribution in [0.25, 0.3) is 0 Å². The van der Waals surface area contributed by atoms with Gasteiger partial charge in [0.15, 0.2) is 0 Å². The van der Waals surface area contributed by atoms with Gasteiger partial charge in [0.2, 0.25) is 0 Å². The van der Waals surface area contributed by atoms with Crippen molar-refractivity contribution in [1.29, 1.82) is 0 Å². The second kappa shape index (κ2) is 3.58. The van der Waals surface area contributed by atoms with Crippen LogP contribution < -0.4 is 5.73 Å². The summed E-state index contributed by atoms with van der Waals surface area (Å²) >= 11 is 1.64. The highest BCUT2D eigenvalue weighted by atomic mass is 32.2. The third kappa shape index (κ3) is 3.27. The van der Waals surface area contributed by atoms with Crippen LogP contribution in [0.2, 0.25) is 0 Å². The van der Waals surface area contributed by atoms with Crippen molar-refractivity contribution in [3.05, 3.63) is 24.0 Å². The molecule has 0 unspecified atom stereocenters. The molecule has 1 aromatic carbocycles. The average Bonchev–Trinajstić information content (AvgIpc) is 1.93. The van der Waals surface area contributed by atoms with Crippen molar-refractivity contribution in [3.8, 4) is 0 Å². The minimum atomic E-state index is -0.282. The molecule has 0 radical (unpaired) electrons. The summed E-state index contributed by atoms with van der Waals surface area (Å²) < 4.78 is 12.8. The zero-order valence-corrected chi connectivity index (χ0v) is 8.91. The molecule has 0 spiro atoms. The maximum Gasteiger partial charge on any atom is 0.125 e. The van der Waals surface area contributed by atoms with E-state index in [0.29, 0.717) is 5.69 Å². The predicted octanol–water partition coefficient (Wildman–Crippen LogP) is 3.30. The van der Waals surface area contributed by atoms with Crippen LogP contribution in [0.4, 0.5) is 10.1 Å². The first-order valence-electron chi connectivity index (χ1n) is 4.12. The third-order valence-electron chi connectivity index (χ3n) is 1.39. The topological polar surface area (TPSA) is 26.0 Å². The molecule has 0 saturated heterocycles. The molecule has 0 heterocycles. The Morgan fingerprint density at radius 3 is 2.38 bits per heavy atom. The number of hydrogen-bond donors (Lipinski definition) is 1. The van der Waals surface area contributed by atoms with Crippen LogP contribution >= 0.6 is 11.8 Å². The minimum absolute atomic E-state index is 0.103. The lowest BCUT2D eigenvalue weighted by atomic mass is 10.3. The molecule has 0 aliphatic heterocycles. The van der Waals surface area contributed by atoms with Crippen LogP contribution in [0.3, 0.4) is 0 Å². The summed E-state index contributed by atoms with van der Waals surface area (Å²) in [6.45, 7) is 6.29. The summed E-state index contributed by atoms with van der Waals surface area (Å²) in [5, 5.41) is 0. The molecule has 3 heteroatoms. The van der Waals surface area contributed by atoms with Gasteiger partial charge >= 0.3 is 0 Å². The SMILES string of the molecule is CC(C)(C)Sc1ccc(F)cc1N. The molecular formula is C10H14FNS.